The minimum absolute atomic E-state index is 0.0779. The first-order valence-corrected chi connectivity index (χ1v) is 17.1. The molecule has 0 aliphatic carbocycles. The molecule has 0 saturated carbocycles. The fourth-order valence-electron chi connectivity index (χ4n) is 6.64. The summed E-state index contributed by atoms with van der Waals surface area (Å²) in [7, 11) is 0. The molecule has 11 heteroatoms. The number of fused-ring (bicyclic) bond motifs is 2. The molecule has 11 nitrogen and oxygen atoms in total. The first kappa shape index (κ1) is 34.5. The van der Waals surface area contributed by atoms with Gasteiger partial charge in [-0.15, -0.1) is 0 Å². The Labute approximate surface area is 290 Å². The van der Waals surface area contributed by atoms with E-state index in [2.05, 4.69) is 57.0 Å². The van der Waals surface area contributed by atoms with Crippen LogP contribution in [0.15, 0.2) is 79.0 Å². The van der Waals surface area contributed by atoms with Crippen LogP contribution in [0.25, 0.3) is 17.0 Å². The Hall–Kier alpha value is -5.39. The summed E-state index contributed by atoms with van der Waals surface area (Å²) in [5.74, 6) is -2.39. The van der Waals surface area contributed by atoms with Crippen molar-refractivity contribution in [2.45, 2.75) is 51.1 Å². The van der Waals surface area contributed by atoms with Gasteiger partial charge in [0, 0.05) is 48.8 Å². The second-order valence-electron chi connectivity index (χ2n) is 12.7. The third-order valence-electron chi connectivity index (χ3n) is 9.31. The van der Waals surface area contributed by atoms with Gasteiger partial charge in [-0.25, -0.2) is 0 Å². The molecule has 1 atom stereocenters. The summed E-state index contributed by atoms with van der Waals surface area (Å²) in [6, 6.07) is 20.5. The average Bonchev–Trinajstić information content (AvgIpc) is 3.65. The predicted octanol–water partition coefficient (Wildman–Crippen LogP) is 4.47. The third kappa shape index (κ3) is 7.90. The Balaban J connectivity index is 1.04. The molecular formula is C39H41N5O6. The molecule has 0 bridgehead atoms. The summed E-state index contributed by atoms with van der Waals surface area (Å²) in [5.41, 5.74) is 5.57. The number of hydrogen-bond acceptors (Lipinski definition) is 8. The van der Waals surface area contributed by atoms with Crippen LogP contribution >= 0.6 is 0 Å². The summed E-state index contributed by atoms with van der Waals surface area (Å²) in [6.07, 6.45) is 9.04. The van der Waals surface area contributed by atoms with Crippen LogP contribution in [-0.4, -0.2) is 81.6 Å². The molecule has 258 valence electrons. The van der Waals surface area contributed by atoms with Crippen molar-refractivity contribution in [2.24, 2.45) is 0 Å². The number of amides is 4. The number of aromatic nitrogens is 1. The van der Waals surface area contributed by atoms with Crippen LogP contribution in [0.5, 0.6) is 0 Å². The first-order chi connectivity index (χ1) is 24.3. The van der Waals surface area contributed by atoms with Gasteiger partial charge in [0.15, 0.2) is 5.78 Å². The van der Waals surface area contributed by atoms with Gasteiger partial charge in [0.1, 0.15) is 12.6 Å². The van der Waals surface area contributed by atoms with Crippen molar-refractivity contribution in [1.82, 2.24) is 20.1 Å². The Kier molecular flexibility index (Phi) is 10.9. The lowest BCUT2D eigenvalue weighted by Crippen LogP contribution is -2.54. The van der Waals surface area contributed by atoms with Crippen molar-refractivity contribution in [2.75, 3.05) is 31.6 Å². The van der Waals surface area contributed by atoms with Crippen LogP contribution in [0.1, 0.15) is 69.5 Å². The van der Waals surface area contributed by atoms with Gasteiger partial charge in [-0.2, -0.15) is 0 Å². The number of aromatic amines is 1. The summed E-state index contributed by atoms with van der Waals surface area (Å²) < 4.78 is 0. The van der Waals surface area contributed by atoms with E-state index in [1.54, 1.807) is 24.3 Å². The number of nitrogens with one attached hydrogen (secondary N) is 3. The number of benzene rings is 3. The number of ketones is 1. The van der Waals surface area contributed by atoms with Gasteiger partial charge in [0.2, 0.25) is 11.8 Å². The maximum absolute atomic E-state index is 13.4. The number of hydrogen-bond donors (Lipinski definition) is 4. The van der Waals surface area contributed by atoms with E-state index < -0.39 is 36.3 Å². The van der Waals surface area contributed by atoms with E-state index in [1.807, 2.05) is 18.2 Å². The molecule has 50 heavy (non-hydrogen) atoms. The fraction of sp³-hybridized carbons (Fsp3) is 0.308. The molecule has 4 N–H and O–H groups in total. The molecule has 4 aromatic rings. The highest BCUT2D eigenvalue weighted by Gasteiger charge is 2.45. The van der Waals surface area contributed by atoms with Gasteiger partial charge in [0.25, 0.3) is 11.8 Å². The quantitative estimate of drug-likeness (QED) is 0.0772. The molecule has 1 fully saturated rings. The van der Waals surface area contributed by atoms with Crippen LogP contribution in [0.2, 0.25) is 0 Å². The van der Waals surface area contributed by atoms with Crippen LogP contribution in [0.4, 0.5) is 5.69 Å². The Bertz CT molecular complexity index is 1930. The van der Waals surface area contributed by atoms with Crippen molar-refractivity contribution in [3.63, 3.8) is 0 Å². The van der Waals surface area contributed by atoms with Gasteiger partial charge in [-0.3, -0.25) is 39.1 Å². The topological polar surface area (TPSA) is 152 Å². The molecule has 2 aliphatic rings. The number of anilines is 1. The van der Waals surface area contributed by atoms with Crippen molar-refractivity contribution < 1.29 is 29.1 Å². The second kappa shape index (κ2) is 15.9. The molecule has 1 aromatic heterocycles. The molecule has 1 unspecified atom stereocenters. The average molecular weight is 676 g/mol. The van der Waals surface area contributed by atoms with Crippen LogP contribution < -0.4 is 10.6 Å². The lowest BCUT2D eigenvalue weighted by Gasteiger charge is -2.27. The smallest absolute Gasteiger partial charge is 0.264 e. The molecule has 0 radical (unpaired) electrons. The highest BCUT2D eigenvalue weighted by atomic mass is 16.3. The lowest BCUT2D eigenvalue weighted by atomic mass is 10.0. The zero-order chi connectivity index (χ0) is 35.0. The van der Waals surface area contributed by atoms with E-state index in [4.69, 9.17) is 5.11 Å². The number of para-hydroxylation sites is 1. The number of piperidine rings is 1. The van der Waals surface area contributed by atoms with E-state index in [0.717, 1.165) is 61.3 Å². The van der Waals surface area contributed by atoms with E-state index in [9.17, 15) is 24.0 Å². The molecule has 6 rings (SSSR count). The number of carbonyl (C=O) groups excluding carboxylic acids is 5. The van der Waals surface area contributed by atoms with Crippen molar-refractivity contribution in [1.29, 1.82) is 0 Å². The molecule has 1 saturated heterocycles. The van der Waals surface area contributed by atoms with Crippen LogP contribution in [-0.2, 0) is 27.3 Å². The summed E-state index contributed by atoms with van der Waals surface area (Å²) >= 11 is 0. The van der Waals surface area contributed by atoms with E-state index in [-0.39, 0.29) is 29.8 Å². The Morgan fingerprint density at radius 1 is 0.940 bits per heavy atom. The minimum Gasteiger partial charge on any atom is -0.388 e. The van der Waals surface area contributed by atoms with Crippen molar-refractivity contribution in [3.8, 4) is 0 Å². The first-order valence-electron chi connectivity index (χ1n) is 17.1. The number of H-pyrrole nitrogens is 1. The Morgan fingerprint density at radius 2 is 1.76 bits per heavy atom. The number of carbonyl (C=O) groups is 5. The van der Waals surface area contributed by atoms with Gasteiger partial charge >= 0.3 is 0 Å². The maximum atomic E-state index is 13.4. The van der Waals surface area contributed by atoms with Crippen molar-refractivity contribution in [3.05, 3.63) is 107 Å². The van der Waals surface area contributed by atoms with Crippen LogP contribution in [0.3, 0.4) is 0 Å². The van der Waals surface area contributed by atoms with E-state index in [0.29, 0.717) is 12.2 Å². The van der Waals surface area contributed by atoms with E-state index in [1.165, 1.54) is 22.6 Å². The summed E-state index contributed by atoms with van der Waals surface area (Å²) in [4.78, 5) is 68.9. The number of nitrogens with zero attached hydrogens (tertiary/aromatic N) is 2. The number of rotatable bonds is 16. The largest absolute Gasteiger partial charge is 0.388 e. The molecule has 4 amide bonds. The molecule has 3 aromatic carbocycles. The highest BCUT2D eigenvalue weighted by Crippen LogP contribution is 2.32. The van der Waals surface area contributed by atoms with Crippen molar-refractivity contribution >= 4 is 52.1 Å². The Morgan fingerprint density at radius 3 is 2.56 bits per heavy atom. The number of imide groups is 2. The molecule has 0 spiro atoms. The monoisotopic (exact) mass is 675 g/mol. The zero-order valence-electron chi connectivity index (χ0n) is 27.8. The van der Waals surface area contributed by atoms with Gasteiger partial charge < -0.3 is 15.4 Å². The number of aliphatic hydroxyl groups is 1. The van der Waals surface area contributed by atoms with Gasteiger partial charge in [-0.05, 0) is 73.2 Å². The fourth-order valence-corrected chi connectivity index (χ4v) is 6.64. The molecule has 3 heterocycles. The normalized spacial score (nSPS) is 16.1. The molecular weight excluding hydrogens is 634 g/mol. The maximum Gasteiger partial charge on any atom is 0.264 e. The number of unbranched alkanes of at least 4 members (excludes halogenated alkanes) is 2. The molecule has 2 aliphatic heterocycles. The highest BCUT2D eigenvalue weighted by molar-refractivity contribution is 6.25. The third-order valence-corrected chi connectivity index (χ3v) is 9.31. The summed E-state index contributed by atoms with van der Waals surface area (Å²) in [6.45, 7) is 2.65. The predicted molar refractivity (Wildman–Crippen MR) is 190 cm³/mol. The van der Waals surface area contributed by atoms with E-state index >= 15 is 0 Å². The van der Waals surface area contributed by atoms with Crippen LogP contribution in [0, 0.1) is 0 Å². The standard InChI is InChI=1S/C39H41N5O6/c45-25-29(46)16-15-26-11-13-27(14-12-26)24-43(22-19-28-23-41-32-9-3-2-7-30(28)32)21-5-1-4-20-40-33-10-6-8-31-36(33)39(50)44(38(31)49)34-17-18-35(47)42-37(34)48/h2-3,6-16,23,34,40-41,45H,1,4-5,17-22,24-25H2,(H,42,47,48)/b16-15+. The summed E-state index contributed by atoms with van der Waals surface area (Å²) in [5, 5.41) is 15.8. The number of aliphatic hydroxyl groups excluding tert-OH is 1. The van der Waals surface area contributed by atoms with Gasteiger partial charge in [0.05, 0.1) is 11.1 Å². The lowest BCUT2D eigenvalue weighted by molar-refractivity contribution is -0.136. The second-order valence-corrected chi connectivity index (χ2v) is 12.7. The van der Waals surface area contributed by atoms with Gasteiger partial charge in [-0.1, -0.05) is 61.0 Å². The zero-order valence-corrected chi connectivity index (χ0v) is 27.8. The SMILES string of the molecule is O=C(/C=C/c1ccc(CN(CCCCCNc2cccc3c2C(=O)N(C2CCC(=O)NC2=O)C3=O)CCc2c[nH]c3ccccc23)cc1)CO. The minimum atomic E-state index is -0.996.